The minimum Gasteiger partial charge on any atom is -0.430 e. The molecule has 0 saturated carbocycles. The largest absolute Gasteiger partial charge is 0.430 e. The Morgan fingerprint density at radius 1 is 1.58 bits per heavy atom. The first-order valence-corrected chi connectivity index (χ1v) is 6.40. The summed E-state index contributed by atoms with van der Waals surface area (Å²) in [5.41, 5.74) is 0.381. The average Bonchev–Trinajstić information content (AvgIpc) is 2.71. The first kappa shape index (κ1) is 13.7. The van der Waals surface area contributed by atoms with E-state index in [9.17, 15) is 10.1 Å². The van der Waals surface area contributed by atoms with E-state index in [2.05, 4.69) is 4.98 Å². The van der Waals surface area contributed by atoms with Crippen LogP contribution >= 0.6 is 22.9 Å². The first-order valence-electron chi connectivity index (χ1n) is 5.21. The molecule has 0 saturated heterocycles. The van der Waals surface area contributed by atoms with E-state index in [1.54, 1.807) is 13.0 Å². The minimum atomic E-state index is -0.476. The highest BCUT2D eigenvalue weighted by Crippen LogP contribution is 2.35. The van der Waals surface area contributed by atoms with Crippen molar-refractivity contribution >= 4 is 28.6 Å². The van der Waals surface area contributed by atoms with E-state index in [0.29, 0.717) is 16.2 Å². The van der Waals surface area contributed by atoms with Gasteiger partial charge in [0.05, 0.1) is 22.0 Å². The maximum atomic E-state index is 10.8. The van der Waals surface area contributed by atoms with Crippen LogP contribution < -0.4 is 4.74 Å². The molecule has 1 aromatic heterocycles. The Labute approximate surface area is 117 Å². The molecule has 1 N–H and O–H groups in total. The van der Waals surface area contributed by atoms with E-state index in [1.165, 1.54) is 12.1 Å². The van der Waals surface area contributed by atoms with Crippen LogP contribution in [0.15, 0.2) is 18.2 Å². The number of nitrogens with zero attached hydrogens (tertiary/aromatic N) is 2. The van der Waals surface area contributed by atoms with Gasteiger partial charge in [-0.25, -0.2) is 0 Å². The van der Waals surface area contributed by atoms with Crippen molar-refractivity contribution in [2.75, 3.05) is 0 Å². The van der Waals surface area contributed by atoms with Crippen molar-refractivity contribution in [1.82, 2.24) is 4.98 Å². The lowest BCUT2D eigenvalue weighted by Crippen LogP contribution is -1.94. The number of ether oxygens (including phenoxy) is 1. The molecule has 6 nitrogen and oxygen atoms in total. The number of aromatic nitrogens is 1. The van der Waals surface area contributed by atoms with Gasteiger partial charge in [0.25, 0.3) is 10.9 Å². The lowest BCUT2D eigenvalue weighted by molar-refractivity contribution is -0.385. The zero-order chi connectivity index (χ0) is 14.0. The molecule has 1 heterocycles. The molecule has 0 fully saturated rings. The van der Waals surface area contributed by atoms with E-state index in [4.69, 9.17) is 21.4 Å². The Morgan fingerprint density at radius 3 is 2.89 bits per heavy atom. The number of benzene rings is 1. The molecule has 0 unspecified atom stereocenters. The van der Waals surface area contributed by atoms with E-state index < -0.39 is 4.92 Å². The number of rotatable bonds is 4. The number of hydrogen-bond donors (Lipinski definition) is 1. The van der Waals surface area contributed by atoms with Crippen LogP contribution in [0.5, 0.6) is 10.9 Å². The molecular weight excluding hydrogens is 292 g/mol. The summed E-state index contributed by atoms with van der Waals surface area (Å²) in [5, 5.41) is 20.2. The topological polar surface area (TPSA) is 85.5 Å². The highest BCUT2D eigenvalue weighted by atomic mass is 35.5. The summed E-state index contributed by atoms with van der Waals surface area (Å²) >= 11 is 6.88. The van der Waals surface area contributed by atoms with Gasteiger partial charge in [0.15, 0.2) is 0 Å². The molecule has 0 radical (unpaired) electrons. The lowest BCUT2D eigenvalue weighted by Gasteiger charge is -2.05. The number of thiazole rings is 1. The number of nitro benzene ring substituents is 1. The van der Waals surface area contributed by atoms with Gasteiger partial charge >= 0.3 is 0 Å². The van der Waals surface area contributed by atoms with Crippen LogP contribution in [0.1, 0.15) is 10.4 Å². The van der Waals surface area contributed by atoms with E-state index in [1.807, 2.05) is 0 Å². The number of nitro groups is 1. The zero-order valence-corrected chi connectivity index (χ0v) is 11.4. The Morgan fingerprint density at radius 2 is 2.32 bits per heavy atom. The van der Waals surface area contributed by atoms with Gasteiger partial charge in [-0.15, -0.1) is 0 Å². The van der Waals surface area contributed by atoms with Crippen LogP contribution in [-0.4, -0.2) is 15.0 Å². The van der Waals surface area contributed by atoms with Crippen molar-refractivity contribution in [3.63, 3.8) is 0 Å². The van der Waals surface area contributed by atoms with E-state index in [-0.39, 0.29) is 22.6 Å². The molecule has 0 aliphatic rings. The van der Waals surface area contributed by atoms with E-state index >= 15 is 0 Å². The van der Waals surface area contributed by atoms with Crippen LogP contribution in [-0.2, 0) is 6.61 Å². The Hall–Kier alpha value is -1.70. The van der Waals surface area contributed by atoms with Gasteiger partial charge in [-0.05, 0) is 13.0 Å². The molecule has 0 aliphatic carbocycles. The summed E-state index contributed by atoms with van der Waals surface area (Å²) in [6.45, 7) is 1.36. The predicted molar refractivity (Wildman–Crippen MR) is 71.0 cm³/mol. The summed E-state index contributed by atoms with van der Waals surface area (Å²) in [4.78, 5) is 14.7. The third-order valence-electron chi connectivity index (χ3n) is 2.42. The van der Waals surface area contributed by atoms with Gasteiger partial charge in [-0.1, -0.05) is 29.0 Å². The number of halogens is 1. The molecule has 0 spiro atoms. The van der Waals surface area contributed by atoms with Gasteiger partial charge in [0.1, 0.15) is 10.9 Å². The predicted octanol–water partition coefficient (Wildman–Crippen LogP) is 3.30. The SMILES string of the molecule is Cc1c(Oc2nc(Cl)c(CO)s2)cccc1[N+](=O)[O-]. The summed E-state index contributed by atoms with van der Waals surface area (Å²) in [6, 6.07) is 4.54. The monoisotopic (exact) mass is 300 g/mol. The number of aliphatic hydroxyl groups excluding tert-OH is 1. The van der Waals surface area contributed by atoms with Crippen molar-refractivity contribution in [3.8, 4) is 10.9 Å². The quantitative estimate of drug-likeness (QED) is 0.691. The molecule has 0 atom stereocenters. The fourth-order valence-electron chi connectivity index (χ4n) is 1.46. The molecule has 0 amide bonds. The van der Waals surface area contributed by atoms with Crippen LogP contribution in [0.4, 0.5) is 5.69 Å². The molecule has 0 aliphatic heterocycles. The third-order valence-corrected chi connectivity index (χ3v) is 3.77. The molecule has 100 valence electrons. The second kappa shape index (κ2) is 5.52. The summed E-state index contributed by atoms with van der Waals surface area (Å²) < 4.78 is 5.47. The van der Waals surface area contributed by atoms with Crippen LogP contribution in [0.2, 0.25) is 5.15 Å². The van der Waals surface area contributed by atoms with Crippen molar-refractivity contribution in [3.05, 3.63) is 43.9 Å². The van der Waals surface area contributed by atoms with Crippen molar-refractivity contribution in [1.29, 1.82) is 0 Å². The molecule has 0 bridgehead atoms. The van der Waals surface area contributed by atoms with Crippen molar-refractivity contribution < 1.29 is 14.8 Å². The fourth-order valence-corrected chi connectivity index (χ4v) is 2.44. The Balaban J connectivity index is 2.33. The Bertz CT molecular complexity index is 629. The molecule has 8 heteroatoms. The normalized spacial score (nSPS) is 10.5. The summed E-state index contributed by atoms with van der Waals surface area (Å²) in [6.07, 6.45) is 0. The van der Waals surface area contributed by atoms with Gasteiger partial charge < -0.3 is 9.84 Å². The highest BCUT2D eigenvalue weighted by Gasteiger charge is 2.16. The van der Waals surface area contributed by atoms with Gasteiger partial charge in [0, 0.05) is 6.07 Å². The highest BCUT2D eigenvalue weighted by molar-refractivity contribution is 7.13. The van der Waals surface area contributed by atoms with E-state index in [0.717, 1.165) is 11.3 Å². The molecule has 2 aromatic rings. The van der Waals surface area contributed by atoms with Gasteiger partial charge in [0.2, 0.25) is 0 Å². The van der Waals surface area contributed by atoms with Crippen LogP contribution in [0.3, 0.4) is 0 Å². The second-order valence-electron chi connectivity index (χ2n) is 3.61. The maximum absolute atomic E-state index is 10.8. The van der Waals surface area contributed by atoms with Crippen LogP contribution in [0.25, 0.3) is 0 Å². The summed E-state index contributed by atoms with van der Waals surface area (Å²) in [7, 11) is 0. The molecule has 2 rings (SSSR count). The number of hydrogen-bond acceptors (Lipinski definition) is 6. The Kier molecular flexibility index (Phi) is 3.98. The standard InChI is InChI=1S/C11H9ClN2O4S/c1-6-7(14(16)17)3-2-4-8(6)18-11-13-10(12)9(5-15)19-11/h2-4,15H,5H2,1H3. The smallest absolute Gasteiger partial charge is 0.280 e. The molecular formula is C11H9ClN2O4S. The second-order valence-corrected chi connectivity index (χ2v) is 5.02. The molecule has 1 aromatic carbocycles. The lowest BCUT2D eigenvalue weighted by atomic mass is 10.2. The van der Waals surface area contributed by atoms with Gasteiger partial charge in [-0.2, -0.15) is 4.98 Å². The fraction of sp³-hybridized carbons (Fsp3) is 0.182. The van der Waals surface area contributed by atoms with Gasteiger partial charge in [-0.3, -0.25) is 10.1 Å². The molecule has 19 heavy (non-hydrogen) atoms. The van der Waals surface area contributed by atoms with Crippen molar-refractivity contribution in [2.45, 2.75) is 13.5 Å². The summed E-state index contributed by atoms with van der Waals surface area (Å²) in [5.74, 6) is 0.337. The number of aliphatic hydroxyl groups is 1. The maximum Gasteiger partial charge on any atom is 0.280 e. The third kappa shape index (κ3) is 2.83. The average molecular weight is 301 g/mol. The zero-order valence-electron chi connectivity index (χ0n) is 9.79. The van der Waals surface area contributed by atoms with Crippen LogP contribution in [0, 0.1) is 17.0 Å². The van der Waals surface area contributed by atoms with Crippen molar-refractivity contribution in [2.24, 2.45) is 0 Å². The minimum absolute atomic E-state index is 0.0254. The first-order chi connectivity index (χ1) is 9.02.